The summed E-state index contributed by atoms with van der Waals surface area (Å²) in [6.45, 7) is 1.86. The maximum absolute atomic E-state index is 14.2. The van der Waals surface area contributed by atoms with Crippen LogP contribution in [0.4, 0.5) is 9.52 Å². The molecule has 0 fully saturated rings. The number of thiazole rings is 1. The maximum atomic E-state index is 14.2. The SMILES string of the molecule is Cc1csc(N(C)C(=O)[C@H](c2c(F)cccc2Cl)N(C)C)n1. The van der Waals surface area contributed by atoms with Crippen LogP contribution in [0.15, 0.2) is 23.6 Å². The van der Waals surface area contributed by atoms with Gasteiger partial charge in [0.25, 0.3) is 5.91 Å². The Kier molecular flexibility index (Phi) is 5.16. The second-order valence-electron chi connectivity index (χ2n) is 5.17. The predicted molar refractivity (Wildman–Crippen MR) is 88.1 cm³/mol. The molecule has 0 aliphatic heterocycles. The van der Waals surface area contributed by atoms with Crippen LogP contribution >= 0.6 is 22.9 Å². The van der Waals surface area contributed by atoms with Crippen LogP contribution in [0.25, 0.3) is 0 Å². The first-order valence-corrected chi connectivity index (χ1v) is 7.88. The molecule has 1 aromatic heterocycles. The van der Waals surface area contributed by atoms with E-state index in [4.69, 9.17) is 11.6 Å². The molecule has 118 valence electrons. The van der Waals surface area contributed by atoms with Crippen LogP contribution in [0.2, 0.25) is 5.02 Å². The Bertz CT molecular complexity index is 669. The number of carbonyl (C=O) groups excluding carboxylic acids is 1. The minimum atomic E-state index is -0.817. The van der Waals surface area contributed by atoms with E-state index in [0.717, 1.165) is 5.69 Å². The van der Waals surface area contributed by atoms with Gasteiger partial charge in [-0.3, -0.25) is 14.6 Å². The summed E-state index contributed by atoms with van der Waals surface area (Å²) < 4.78 is 14.2. The van der Waals surface area contributed by atoms with E-state index >= 15 is 0 Å². The average molecular weight is 342 g/mol. The molecule has 7 heteroatoms. The van der Waals surface area contributed by atoms with Crippen LogP contribution in [-0.4, -0.2) is 36.9 Å². The fraction of sp³-hybridized carbons (Fsp3) is 0.333. The monoisotopic (exact) mass is 341 g/mol. The van der Waals surface area contributed by atoms with Gasteiger partial charge in [-0.15, -0.1) is 11.3 Å². The van der Waals surface area contributed by atoms with Crippen molar-refractivity contribution in [1.29, 1.82) is 0 Å². The van der Waals surface area contributed by atoms with Crippen molar-refractivity contribution in [3.63, 3.8) is 0 Å². The molecule has 0 saturated carbocycles. The lowest BCUT2D eigenvalue weighted by Crippen LogP contribution is -2.39. The molecule has 0 aliphatic carbocycles. The zero-order valence-corrected chi connectivity index (χ0v) is 14.4. The van der Waals surface area contributed by atoms with Crippen molar-refractivity contribution in [2.75, 3.05) is 26.0 Å². The maximum Gasteiger partial charge on any atom is 0.250 e. The molecule has 2 rings (SSSR count). The van der Waals surface area contributed by atoms with E-state index in [1.54, 1.807) is 32.1 Å². The Morgan fingerprint density at radius 1 is 1.36 bits per heavy atom. The molecule has 0 radical (unpaired) electrons. The van der Waals surface area contributed by atoms with E-state index in [0.29, 0.717) is 5.13 Å². The van der Waals surface area contributed by atoms with Crippen LogP contribution < -0.4 is 4.90 Å². The van der Waals surface area contributed by atoms with Gasteiger partial charge in [-0.2, -0.15) is 0 Å². The van der Waals surface area contributed by atoms with Gasteiger partial charge in [-0.25, -0.2) is 9.37 Å². The second kappa shape index (κ2) is 6.73. The fourth-order valence-electron chi connectivity index (χ4n) is 2.15. The molecular formula is C15H17ClFN3OS. The molecule has 0 spiro atoms. The molecule has 0 unspecified atom stereocenters. The molecule has 4 nitrogen and oxygen atoms in total. The van der Waals surface area contributed by atoms with Gasteiger partial charge >= 0.3 is 0 Å². The van der Waals surface area contributed by atoms with Crippen molar-refractivity contribution in [2.45, 2.75) is 13.0 Å². The Morgan fingerprint density at radius 3 is 2.55 bits per heavy atom. The van der Waals surface area contributed by atoms with E-state index in [2.05, 4.69) is 4.98 Å². The summed E-state index contributed by atoms with van der Waals surface area (Å²) in [4.78, 5) is 20.2. The highest BCUT2D eigenvalue weighted by Crippen LogP contribution is 2.31. The first kappa shape index (κ1) is 16.9. The highest BCUT2D eigenvalue weighted by atomic mass is 35.5. The van der Waals surface area contributed by atoms with Gasteiger partial charge in [0.2, 0.25) is 0 Å². The standard InChI is InChI=1S/C15H17ClFN3OS/c1-9-8-22-15(18-9)20(4)14(21)13(19(2)3)12-10(16)6-5-7-11(12)17/h5-8,13H,1-4H3/t13-/m0/s1. The number of aryl methyl sites for hydroxylation is 1. The molecule has 1 aromatic carbocycles. The number of halogens is 2. The van der Waals surface area contributed by atoms with Crippen LogP contribution in [0.3, 0.4) is 0 Å². The number of likely N-dealkylation sites (N-methyl/N-ethyl adjacent to an activating group) is 2. The second-order valence-corrected chi connectivity index (χ2v) is 6.41. The van der Waals surface area contributed by atoms with Crippen LogP contribution in [0.5, 0.6) is 0 Å². The minimum Gasteiger partial charge on any atom is -0.294 e. The first-order valence-electron chi connectivity index (χ1n) is 6.63. The van der Waals surface area contributed by atoms with Crippen molar-refractivity contribution >= 4 is 34.0 Å². The van der Waals surface area contributed by atoms with E-state index in [-0.39, 0.29) is 16.5 Å². The largest absolute Gasteiger partial charge is 0.294 e. The molecule has 2 aromatic rings. The number of rotatable bonds is 4. The van der Waals surface area contributed by atoms with Crippen molar-refractivity contribution in [3.05, 3.63) is 45.7 Å². The lowest BCUT2D eigenvalue weighted by Gasteiger charge is -2.28. The number of hydrogen-bond acceptors (Lipinski definition) is 4. The third-order valence-corrected chi connectivity index (χ3v) is 4.61. The smallest absolute Gasteiger partial charge is 0.250 e. The summed E-state index contributed by atoms with van der Waals surface area (Å²) in [5.41, 5.74) is 1.02. The van der Waals surface area contributed by atoms with Gasteiger partial charge in [0.15, 0.2) is 5.13 Å². The molecule has 0 bridgehead atoms. The Morgan fingerprint density at radius 2 is 2.05 bits per heavy atom. The molecule has 0 saturated heterocycles. The van der Waals surface area contributed by atoms with Crippen molar-refractivity contribution in [3.8, 4) is 0 Å². The van der Waals surface area contributed by atoms with Gasteiger partial charge in [-0.1, -0.05) is 17.7 Å². The Hall–Kier alpha value is -1.50. The van der Waals surface area contributed by atoms with Gasteiger partial charge in [0, 0.05) is 23.0 Å². The number of amides is 1. The van der Waals surface area contributed by atoms with Gasteiger partial charge in [-0.05, 0) is 33.2 Å². The normalized spacial score (nSPS) is 12.5. The topological polar surface area (TPSA) is 36.4 Å². The molecule has 1 heterocycles. The summed E-state index contributed by atoms with van der Waals surface area (Å²) in [7, 11) is 5.06. The number of anilines is 1. The fourth-order valence-corrected chi connectivity index (χ4v) is 3.19. The van der Waals surface area contributed by atoms with Gasteiger partial charge < -0.3 is 0 Å². The highest BCUT2D eigenvalue weighted by molar-refractivity contribution is 7.14. The number of carbonyl (C=O) groups is 1. The lowest BCUT2D eigenvalue weighted by atomic mass is 10.0. The predicted octanol–water partition coefficient (Wildman–Crippen LogP) is 3.51. The summed E-state index contributed by atoms with van der Waals surface area (Å²) in [6, 6.07) is 3.59. The zero-order chi connectivity index (χ0) is 16.4. The zero-order valence-electron chi connectivity index (χ0n) is 12.8. The number of aromatic nitrogens is 1. The molecule has 1 atom stereocenters. The van der Waals surface area contributed by atoms with E-state index in [9.17, 15) is 9.18 Å². The van der Waals surface area contributed by atoms with E-state index in [1.807, 2.05) is 12.3 Å². The summed E-state index contributed by atoms with van der Waals surface area (Å²) in [6.07, 6.45) is 0. The highest BCUT2D eigenvalue weighted by Gasteiger charge is 2.31. The Labute approximate surface area is 138 Å². The Balaban J connectivity index is 2.42. The van der Waals surface area contributed by atoms with Gasteiger partial charge in [0.05, 0.1) is 5.69 Å². The third-order valence-electron chi connectivity index (χ3n) is 3.25. The quantitative estimate of drug-likeness (QED) is 0.853. The molecule has 22 heavy (non-hydrogen) atoms. The van der Waals surface area contributed by atoms with Crippen LogP contribution in [0, 0.1) is 12.7 Å². The van der Waals surface area contributed by atoms with Crippen molar-refractivity contribution in [2.24, 2.45) is 0 Å². The lowest BCUT2D eigenvalue weighted by molar-refractivity contribution is -0.123. The summed E-state index contributed by atoms with van der Waals surface area (Å²) >= 11 is 7.48. The molecule has 1 amide bonds. The van der Waals surface area contributed by atoms with Crippen molar-refractivity contribution in [1.82, 2.24) is 9.88 Å². The third kappa shape index (κ3) is 3.29. The summed E-state index contributed by atoms with van der Waals surface area (Å²) in [5.74, 6) is -0.783. The van der Waals surface area contributed by atoms with Crippen LogP contribution in [-0.2, 0) is 4.79 Å². The molecule has 0 N–H and O–H groups in total. The number of hydrogen-bond donors (Lipinski definition) is 0. The number of nitrogens with zero attached hydrogens (tertiary/aromatic N) is 3. The average Bonchev–Trinajstić information content (AvgIpc) is 2.87. The first-order chi connectivity index (χ1) is 10.3. The molecular weight excluding hydrogens is 325 g/mol. The van der Waals surface area contributed by atoms with E-state index < -0.39 is 11.9 Å². The minimum absolute atomic E-state index is 0.180. The van der Waals surface area contributed by atoms with Gasteiger partial charge in [0.1, 0.15) is 11.9 Å². The van der Waals surface area contributed by atoms with Crippen LogP contribution in [0.1, 0.15) is 17.3 Å². The van der Waals surface area contributed by atoms with E-state index in [1.165, 1.54) is 28.4 Å². The summed E-state index contributed by atoms with van der Waals surface area (Å²) in [5, 5.41) is 2.66. The van der Waals surface area contributed by atoms with Crippen molar-refractivity contribution < 1.29 is 9.18 Å². The number of benzene rings is 1. The molecule has 0 aliphatic rings.